The SMILES string of the molecule is CCC(=O)CCCCN1CCC(C)CC1. The van der Waals surface area contributed by atoms with Crippen LogP contribution in [0.1, 0.15) is 52.4 Å². The van der Waals surface area contributed by atoms with Crippen molar-refractivity contribution >= 4 is 5.78 Å². The maximum Gasteiger partial charge on any atom is 0.132 e. The van der Waals surface area contributed by atoms with E-state index in [1.54, 1.807) is 0 Å². The quantitative estimate of drug-likeness (QED) is 0.630. The molecule has 0 spiro atoms. The molecule has 2 nitrogen and oxygen atoms in total. The van der Waals surface area contributed by atoms with Crippen LogP contribution in [0.5, 0.6) is 0 Å². The number of nitrogens with zero attached hydrogens (tertiary/aromatic N) is 1. The van der Waals surface area contributed by atoms with Crippen LogP contribution >= 0.6 is 0 Å². The van der Waals surface area contributed by atoms with Crippen LogP contribution in [0.4, 0.5) is 0 Å². The standard InChI is InChI=1S/C13H25NO/c1-3-13(15)6-4-5-9-14-10-7-12(2)8-11-14/h12H,3-11H2,1-2H3. The van der Waals surface area contributed by atoms with Gasteiger partial charge in [0, 0.05) is 12.8 Å². The van der Waals surface area contributed by atoms with Crippen LogP contribution in [0.25, 0.3) is 0 Å². The minimum atomic E-state index is 0.419. The average Bonchev–Trinajstić information content (AvgIpc) is 2.26. The second-order valence-corrected chi connectivity index (χ2v) is 4.87. The van der Waals surface area contributed by atoms with Gasteiger partial charge < -0.3 is 4.90 Å². The summed E-state index contributed by atoms with van der Waals surface area (Å²) in [5.74, 6) is 1.34. The van der Waals surface area contributed by atoms with Gasteiger partial charge in [0.25, 0.3) is 0 Å². The van der Waals surface area contributed by atoms with E-state index in [9.17, 15) is 4.79 Å². The maximum absolute atomic E-state index is 11.1. The molecule has 0 aliphatic carbocycles. The molecular formula is C13H25NO. The van der Waals surface area contributed by atoms with Gasteiger partial charge >= 0.3 is 0 Å². The van der Waals surface area contributed by atoms with E-state index in [0.29, 0.717) is 12.2 Å². The van der Waals surface area contributed by atoms with Gasteiger partial charge in [-0.15, -0.1) is 0 Å². The summed E-state index contributed by atoms with van der Waals surface area (Å²) < 4.78 is 0. The van der Waals surface area contributed by atoms with Crippen molar-refractivity contribution in [2.24, 2.45) is 5.92 Å². The molecule has 0 aromatic carbocycles. The van der Waals surface area contributed by atoms with E-state index in [0.717, 1.165) is 18.8 Å². The first-order valence-corrected chi connectivity index (χ1v) is 6.46. The molecule has 0 saturated carbocycles. The lowest BCUT2D eigenvalue weighted by atomic mass is 9.99. The first kappa shape index (κ1) is 12.7. The minimum Gasteiger partial charge on any atom is -0.303 e. The van der Waals surface area contributed by atoms with Gasteiger partial charge in [0.15, 0.2) is 0 Å². The first-order chi connectivity index (χ1) is 7.22. The maximum atomic E-state index is 11.1. The summed E-state index contributed by atoms with van der Waals surface area (Å²) in [6.45, 7) is 8.03. The molecule has 0 N–H and O–H groups in total. The van der Waals surface area contributed by atoms with Crippen LogP contribution < -0.4 is 0 Å². The number of ketones is 1. The van der Waals surface area contributed by atoms with Crippen LogP contribution in [0.15, 0.2) is 0 Å². The van der Waals surface area contributed by atoms with E-state index >= 15 is 0 Å². The number of carbonyl (C=O) groups is 1. The number of Topliss-reactive ketones (excluding diaryl/α,β-unsaturated/α-hetero) is 1. The van der Waals surface area contributed by atoms with Crippen molar-refractivity contribution in [3.8, 4) is 0 Å². The topological polar surface area (TPSA) is 20.3 Å². The lowest BCUT2D eigenvalue weighted by Gasteiger charge is -2.30. The Labute approximate surface area is 94.0 Å². The highest BCUT2D eigenvalue weighted by atomic mass is 16.1. The average molecular weight is 211 g/mol. The Morgan fingerprint density at radius 1 is 1.27 bits per heavy atom. The van der Waals surface area contributed by atoms with E-state index in [-0.39, 0.29) is 0 Å². The normalized spacial score (nSPS) is 19.3. The van der Waals surface area contributed by atoms with Crippen molar-refractivity contribution in [3.63, 3.8) is 0 Å². The number of piperidine rings is 1. The molecule has 1 aliphatic heterocycles. The van der Waals surface area contributed by atoms with Crippen LogP contribution in [0.3, 0.4) is 0 Å². The lowest BCUT2D eigenvalue weighted by molar-refractivity contribution is -0.118. The van der Waals surface area contributed by atoms with Gasteiger partial charge in [0.05, 0.1) is 0 Å². The van der Waals surface area contributed by atoms with Gasteiger partial charge in [-0.05, 0) is 51.2 Å². The number of hydrogen-bond donors (Lipinski definition) is 0. The Bertz CT molecular complexity index is 183. The molecule has 1 aliphatic rings. The fourth-order valence-electron chi connectivity index (χ4n) is 2.12. The molecule has 15 heavy (non-hydrogen) atoms. The second-order valence-electron chi connectivity index (χ2n) is 4.87. The summed E-state index contributed by atoms with van der Waals surface area (Å²) in [7, 11) is 0. The van der Waals surface area contributed by atoms with E-state index in [4.69, 9.17) is 0 Å². The molecular weight excluding hydrogens is 186 g/mol. The molecule has 0 bridgehead atoms. The zero-order chi connectivity index (χ0) is 11.1. The van der Waals surface area contributed by atoms with Crippen molar-refractivity contribution in [2.45, 2.75) is 52.4 Å². The molecule has 0 amide bonds. The molecule has 0 aromatic heterocycles. The smallest absolute Gasteiger partial charge is 0.132 e. The fourth-order valence-corrected chi connectivity index (χ4v) is 2.12. The van der Waals surface area contributed by atoms with Gasteiger partial charge in [-0.25, -0.2) is 0 Å². The summed E-state index contributed by atoms with van der Waals surface area (Å²) >= 11 is 0. The lowest BCUT2D eigenvalue weighted by Crippen LogP contribution is -2.33. The molecule has 1 rings (SSSR count). The van der Waals surface area contributed by atoms with E-state index in [1.165, 1.54) is 38.9 Å². The molecule has 0 aromatic rings. The van der Waals surface area contributed by atoms with Gasteiger partial charge in [-0.3, -0.25) is 4.79 Å². The molecule has 0 radical (unpaired) electrons. The molecule has 2 heteroatoms. The molecule has 1 saturated heterocycles. The van der Waals surface area contributed by atoms with Crippen LogP contribution in [-0.4, -0.2) is 30.3 Å². The zero-order valence-corrected chi connectivity index (χ0v) is 10.3. The summed E-state index contributed by atoms with van der Waals surface area (Å²) in [6.07, 6.45) is 6.49. The highest BCUT2D eigenvalue weighted by molar-refractivity contribution is 5.77. The highest BCUT2D eigenvalue weighted by Gasteiger charge is 2.14. The van der Waals surface area contributed by atoms with Gasteiger partial charge in [0.2, 0.25) is 0 Å². The summed E-state index contributed by atoms with van der Waals surface area (Å²) in [5, 5.41) is 0. The number of unbranched alkanes of at least 4 members (excludes halogenated alkanes) is 1. The van der Waals surface area contributed by atoms with Crippen molar-refractivity contribution in [1.82, 2.24) is 4.90 Å². The Kier molecular flexibility index (Phi) is 5.92. The van der Waals surface area contributed by atoms with Gasteiger partial charge in [-0.2, -0.15) is 0 Å². The van der Waals surface area contributed by atoms with E-state index in [2.05, 4.69) is 11.8 Å². The summed E-state index contributed by atoms with van der Waals surface area (Å²) in [4.78, 5) is 13.6. The third kappa shape index (κ3) is 5.31. The highest BCUT2D eigenvalue weighted by Crippen LogP contribution is 2.16. The monoisotopic (exact) mass is 211 g/mol. The molecule has 1 heterocycles. The zero-order valence-electron chi connectivity index (χ0n) is 10.3. The van der Waals surface area contributed by atoms with Crippen LogP contribution in [0, 0.1) is 5.92 Å². The van der Waals surface area contributed by atoms with E-state index < -0.39 is 0 Å². The van der Waals surface area contributed by atoms with Gasteiger partial charge in [-0.1, -0.05) is 13.8 Å². The molecule has 88 valence electrons. The Hall–Kier alpha value is -0.370. The second kappa shape index (κ2) is 7.00. The largest absolute Gasteiger partial charge is 0.303 e. The van der Waals surface area contributed by atoms with E-state index in [1.807, 2.05) is 6.92 Å². The van der Waals surface area contributed by atoms with Crippen molar-refractivity contribution in [1.29, 1.82) is 0 Å². The predicted octanol–water partition coefficient (Wildman–Crippen LogP) is 2.87. The predicted molar refractivity (Wildman–Crippen MR) is 64.0 cm³/mol. The number of rotatable bonds is 6. The van der Waals surface area contributed by atoms with Crippen molar-refractivity contribution < 1.29 is 4.79 Å². The summed E-state index contributed by atoms with van der Waals surface area (Å²) in [6, 6.07) is 0. The third-order valence-corrected chi connectivity index (χ3v) is 3.45. The number of hydrogen-bond acceptors (Lipinski definition) is 2. The van der Waals surface area contributed by atoms with Gasteiger partial charge in [0.1, 0.15) is 5.78 Å². The number of likely N-dealkylation sites (tertiary alicyclic amines) is 1. The Balaban J connectivity index is 1.98. The first-order valence-electron chi connectivity index (χ1n) is 6.46. The minimum absolute atomic E-state index is 0.419. The Morgan fingerprint density at radius 2 is 1.93 bits per heavy atom. The van der Waals surface area contributed by atoms with Crippen molar-refractivity contribution in [2.75, 3.05) is 19.6 Å². The number of carbonyl (C=O) groups excluding carboxylic acids is 1. The van der Waals surface area contributed by atoms with Crippen molar-refractivity contribution in [3.05, 3.63) is 0 Å². The fraction of sp³-hybridized carbons (Fsp3) is 0.923. The molecule has 0 atom stereocenters. The molecule has 1 fully saturated rings. The molecule has 0 unspecified atom stereocenters. The third-order valence-electron chi connectivity index (χ3n) is 3.45. The Morgan fingerprint density at radius 3 is 2.53 bits per heavy atom. The van der Waals surface area contributed by atoms with Crippen LogP contribution in [-0.2, 0) is 4.79 Å². The van der Waals surface area contributed by atoms with Crippen LogP contribution in [0.2, 0.25) is 0 Å². The summed E-state index contributed by atoms with van der Waals surface area (Å²) in [5.41, 5.74) is 0.